The maximum Gasteiger partial charge on any atom is 0.321 e. The number of amides is 2. The first-order chi connectivity index (χ1) is 9.06. The Balaban J connectivity index is 1.78. The molecule has 1 saturated carbocycles. The predicted molar refractivity (Wildman–Crippen MR) is 75.3 cm³/mol. The molecule has 1 aromatic heterocycles. The van der Waals surface area contributed by atoms with Crippen LogP contribution in [-0.4, -0.2) is 28.6 Å². The number of aromatic nitrogens is 1. The van der Waals surface area contributed by atoms with Gasteiger partial charge >= 0.3 is 12.0 Å². The molecule has 3 N–H and O–H groups in total. The Hall–Kier alpha value is -1.15. The summed E-state index contributed by atoms with van der Waals surface area (Å²) in [6.07, 6.45) is 4.06. The van der Waals surface area contributed by atoms with Crippen molar-refractivity contribution in [2.45, 2.75) is 19.3 Å². The number of aliphatic carboxylic acids is 1. The topological polar surface area (TPSA) is 91.3 Å². The van der Waals surface area contributed by atoms with Gasteiger partial charge in [0, 0.05) is 6.54 Å². The molecule has 0 spiro atoms. The number of thiazole rings is 1. The molecule has 2 unspecified atom stereocenters. The first-order valence-corrected chi connectivity index (χ1v) is 7.56. The van der Waals surface area contributed by atoms with Gasteiger partial charge in [0.2, 0.25) is 0 Å². The number of hydrogen-bond donors (Lipinski definition) is 3. The highest BCUT2D eigenvalue weighted by atomic mass is 79.9. The molecule has 0 radical (unpaired) electrons. The predicted octanol–water partition coefficient (Wildman–Crippen LogP) is 2.53. The Labute approximate surface area is 122 Å². The third-order valence-electron chi connectivity index (χ3n) is 3.20. The zero-order chi connectivity index (χ0) is 13.8. The number of carboxylic acid groups (broad SMARTS) is 1. The molecule has 1 aromatic rings. The van der Waals surface area contributed by atoms with E-state index in [0.717, 1.165) is 16.6 Å². The van der Waals surface area contributed by atoms with Crippen molar-refractivity contribution in [2.24, 2.45) is 11.8 Å². The normalized spacial score (nSPS) is 22.2. The summed E-state index contributed by atoms with van der Waals surface area (Å²) in [5.41, 5.74) is 0. The number of anilines is 1. The number of nitrogens with zero attached hydrogens (tertiary/aromatic N) is 1. The van der Waals surface area contributed by atoms with Gasteiger partial charge in [0.05, 0.1) is 15.9 Å². The number of carboxylic acids is 1. The van der Waals surface area contributed by atoms with Gasteiger partial charge in [-0.1, -0.05) is 17.8 Å². The van der Waals surface area contributed by atoms with Crippen LogP contribution in [0.15, 0.2) is 9.98 Å². The van der Waals surface area contributed by atoms with E-state index < -0.39 is 5.97 Å². The van der Waals surface area contributed by atoms with E-state index >= 15 is 0 Å². The molecular weight excluding hydrogens is 334 g/mol. The standard InChI is InChI=1S/C11H14BrN3O3S/c12-8-5-14-11(19-8)15-10(18)13-4-6-2-1-3-7(6)9(16)17/h5-7H,1-4H2,(H,16,17)(H2,13,14,15,18). The monoisotopic (exact) mass is 347 g/mol. The maximum atomic E-state index is 11.6. The van der Waals surface area contributed by atoms with Crippen LogP contribution >= 0.6 is 27.3 Å². The van der Waals surface area contributed by atoms with Crippen LogP contribution in [0.1, 0.15) is 19.3 Å². The lowest BCUT2D eigenvalue weighted by molar-refractivity contribution is -0.142. The van der Waals surface area contributed by atoms with E-state index in [0.29, 0.717) is 18.1 Å². The highest BCUT2D eigenvalue weighted by Gasteiger charge is 2.32. The van der Waals surface area contributed by atoms with E-state index in [2.05, 4.69) is 31.5 Å². The van der Waals surface area contributed by atoms with E-state index in [4.69, 9.17) is 5.11 Å². The highest BCUT2D eigenvalue weighted by molar-refractivity contribution is 9.11. The maximum absolute atomic E-state index is 11.6. The molecule has 1 heterocycles. The Morgan fingerprint density at radius 1 is 1.53 bits per heavy atom. The fraction of sp³-hybridized carbons (Fsp3) is 0.545. The molecule has 0 aliphatic heterocycles. The van der Waals surface area contributed by atoms with Crippen LogP contribution in [0.3, 0.4) is 0 Å². The number of carbonyl (C=O) groups is 2. The molecule has 1 aliphatic rings. The van der Waals surface area contributed by atoms with Gasteiger partial charge in [-0.2, -0.15) is 0 Å². The third kappa shape index (κ3) is 3.90. The van der Waals surface area contributed by atoms with E-state index in [1.165, 1.54) is 11.3 Å². The number of nitrogens with one attached hydrogen (secondary N) is 2. The molecule has 6 nitrogen and oxygen atoms in total. The van der Waals surface area contributed by atoms with Crippen LogP contribution in [0.2, 0.25) is 0 Å². The average molecular weight is 348 g/mol. The SMILES string of the molecule is O=C(NCC1CCCC1C(=O)O)Nc1ncc(Br)s1. The number of hydrogen-bond acceptors (Lipinski definition) is 4. The van der Waals surface area contributed by atoms with Gasteiger partial charge in [-0.3, -0.25) is 10.1 Å². The summed E-state index contributed by atoms with van der Waals surface area (Å²) in [6, 6.07) is -0.349. The minimum atomic E-state index is -0.770. The molecule has 0 saturated heterocycles. The third-order valence-corrected chi connectivity index (χ3v) is 4.59. The summed E-state index contributed by atoms with van der Waals surface area (Å²) in [5.74, 6) is -1.09. The molecule has 104 valence electrons. The number of halogens is 1. The molecule has 1 fully saturated rings. The Morgan fingerprint density at radius 3 is 2.95 bits per heavy atom. The largest absolute Gasteiger partial charge is 0.481 e. The van der Waals surface area contributed by atoms with Crippen molar-refractivity contribution in [2.75, 3.05) is 11.9 Å². The number of rotatable bonds is 4. The van der Waals surface area contributed by atoms with Crippen LogP contribution in [0.25, 0.3) is 0 Å². The van der Waals surface area contributed by atoms with Crippen LogP contribution < -0.4 is 10.6 Å². The first-order valence-electron chi connectivity index (χ1n) is 5.95. The van der Waals surface area contributed by atoms with Crippen molar-refractivity contribution in [1.82, 2.24) is 10.3 Å². The van der Waals surface area contributed by atoms with Gasteiger partial charge in [-0.05, 0) is 34.7 Å². The molecule has 0 aromatic carbocycles. The van der Waals surface area contributed by atoms with Crippen molar-refractivity contribution in [1.29, 1.82) is 0 Å². The van der Waals surface area contributed by atoms with Gasteiger partial charge in [-0.25, -0.2) is 9.78 Å². The van der Waals surface area contributed by atoms with Crippen molar-refractivity contribution in [3.8, 4) is 0 Å². The lowest BCUT2D eigenvalue weighted by atomic mass is 9.96. The van der Waals surface area contributed by atoms with E-state index in [1.807, 2.05) is 0 Å². The quantitative estimate of drug-likeness (QED) is 0.780. The van der Waals surface area contributed by atoms with Gasteiger partial charge in [-0.15, -0.1) is 0 Å². The first kappa shape index (κ1) is 14.3. The smallest absolute Gasteiger partial charge is 0.321 e. The lowest BCUT2D eigenvalue weighted by Crippen LogP contribution is -2.35. The molecule has 1 aliphatic carbocycles. The van der Waals surface area contributed by atoms with Gasteiger partial charge in [0.1, 0.15) is 0 Å². The van der Waals surface area contributed by atoms with Crippen LogP contribution in [0, 0.1) is 11.8 Å². The van der Waals surface area contributed by atoms with Crippen molar-refractivity contribution in [3.63, 3.8) is 0 Å². The molecule has 8 heteroatoms. The molecule has 2 rings (SSSR count). The summed E-state index contributed by atoms with van der Waals surface area (Å²) in [4.78, 5) is 26.6. The number of carbonyl (C=O) groups excluding carboxylic acids is 1. The van der Waals surface area contributed by atoms with Crippen molar-refractivity contribution >= 4 is 44.4 Å². The van der Waals surface area contributed by atoms with Crippen LogP contribution in [-0.2, 0) is 4.79 Å². The second kappa shape index (κ2) is 6.33. The van der Waals surface area contributed by atoms with Gasteiger partial charge in [0.25, 0.3) is 0 Å². The summed E-state index contributed by atoms with van der Waals surface area (Å²) in [5, 5.41) is 14.9. The fourth-order valence-electron chi connectivity index (χ4n) is 2.28. The lowest BCUT2D eigenvalue weighted by Gasteiger charge is -2.16. The zero-order valence-electron chi connectivity index (χ0n) is 10.1. The molecule has 2 amide bonds. The number of urea groups is 1. The van der Waals surface area contributed by atoms with E-state index in [-0.39, 0.29) is 17.9 Å². The summed E-state index contributed by atoms with van der Waals surface area (Å²) >= 11 is 4.58. The Kier molecular flexibility index (Phi) is 4.76. The summed E-state index contributed by atoms with van der Waals surface area (Å²) in [7, 11) is 0. The molecular formula is C11H14BrN3O3S. The molecule has 0 bridgehead atoms. The Bertz CT molecular complexity index is 480. The van der Waals surface area contributed by atoms with Gasteiger partial charge in [0.15, 0.2) is 5.13 Å². The van der Waals surface area contributed by atoms with E-state index in [1.54, 1.807) is 6.20 Å². The minimum absolute atomic E-state index is 0.0197. The average Bonchev–Trinajstić information content (AvgIpc) is 2.95. The second-order valence-corrected chi connectivity index (χ2v) is 6.85. The Morgan fingerprint density at radius 2 is 2.32 bits per heavy atom. The van der Waals surface area contributed by atoms with Crippen molar-refractivity contribution < 1.29 is 14.7 Å². The van der Waals surface area contributed by atoms with Crippen LogP contribution in [0.5, 0.6) is 0 Å². The second-order valence-electron chi connectivity index (χ2n) is 4.44. The van der Waals surface area contributed by atoms with Crippen LogP contribution in [0.4, 0.5) is 9.93 Å². The molecule has 19 heavy (non-hydrogen) atoms. The zero-order valence-corrected chi connectivity index (χ0v) is 12.5. The fourth-order valence-corrected chi connectivity index (χ4v) is 3.39. The molecule has 2 atom stereocenters. The summed E-state index contributed by atoms with van der Waals surface area (Å²) < 4.78 is 0.838. The van der Waals surface area contributed by atoms with E-state index in [9.17, 15) is 9.59 Å². The van der Waals surface area contributed by atoms with Gasteiger partial charge < -0.3 is 10.4 Å². The summed E-state index contributed by atoms with van der Waals surface area (Å²) in [6.45, 7) is 0.384. The minimum Gasteiger partial charge on any atom is -0.481 e. The van der Waals surface area contributed by atoms with Crippen molar-refractivity contribution in [3.05, 3.63) is 9.98 Å². The highest BCUT2D eigenvalue weighted by Crippen LogP contribution is 2.31.